The second-order valence-electron chi connectivity index (χ2n) is 3.64. The third-order valence-corrected chi connectivity index (χ3v) is 2.32. The van der Waals surface area contributed by atoms with E-state index in [1.54, 1.807) is 0 Å². The molecule has 1 rings (SSSR count). The van der Waals surface area contributed by atoms with Gasteiger partial charge in [0.15, 0.2) is 0 Å². The molecule has 0 bridgehead atoms. The summed E-state index contributed by atoms with van der Waals surface area (Å²) >= 11 is 0. The van der Waals surface area contributed by atoms with Crippen molar-refractivity contribution in [2.75, 3.05) is 6.61 Å². The van der Waals surface area contributed by atoms with Crippen molar-refractivity contribution in [1.82, 2.24) is 0 Å². The molecule has 2 heteroatoms. The van der Waals surface area contributed by atoms with Crippen LogP contribution in [0.2, 0.25) is 0 Å². The van der Waals surface area contributed by atoms with E-state index in [-0.39, 0.29) is 6.61 Å². The smallest absolute Gasteiger partial charge is 0.0991 e. The monoisotopic (exact) mass is 189 g/mol. The van der Waals surface area contributed by atoms with Gasteiger partial charge in [-0.25, -0.2) is 0 Å². The molecule has 0 aromatic heterocycles. The van der Waals surface area contributed by atoms with Gasteiger partial charge in [-0.1, -0.05) is 19.1 Å². The summed E-state index contributed by atoms with van der Waals surface area (Å²) in [5.74, 6) is 0.352. The van der Waals surface area contributed by atoms with Gasteiger partial charge in [0.2, 0.25) is 0 Å². The topological polar surface area (TPSA) is 44.0 Å². The first kappa shape index (κ1) is 10.7. The Hall–Kier alpha value is -1.33. The summed E-state index contributed by atoms with van der Waals surface area (Å²) in [6, 6.07) is 9.70. The van der Waals surface area contributed by atoms with Crippen molar-refractivity contribution >= 4 is 0 Å². The van der Waals surface area contributed by atoms with E-state index < -0.39 is 0 Å². The Bertz CT molecular complexity index is 310. The number of aryl methyl sites for hydroxylation is 1. The Balaban J connectivity index is 2.49. The Morgan fingerprint density at radius 3 is 2.50 bits per heavy atom. The fourth-order valence-electron chi connectivity index (χ4n) is 1.25. The van der Waals surface area contributed by atoms with Crippen molar-refractivity contribution in [3.8, 4) is 6.07 Å². The Morgan fingerprint density at radius 2 is 2.00 bits per heavy atom. The van der Waals surface area contributed by atoms with Crippen LogP contribution < -0.4 is 0 Å². The summed E-state index contributed by atoms with van der Waals surface area (Å²) in [5, 5.41) is 17.5. The Labute approximate surface area is 84.8 Å². The lowest BCUT2D eigenvalue weighted by molar-refractivity contribution is 0.230. The first-order chi connectivity index (χ1) is 6.76. The first-order valence-electron chi connectivity index (χ1n) is 4.86. The highest BCUT2D eigenvalue weighted by atomic mass is 16.3. The predicted octanol–water partition coefficient (Wildman–Crippen LogP) is 2.12. The van der Waals surface area contributed by atoms with Gasteiger partial charge < -0.3 is 5.11 Å². The van der Waals surface area contributed by atoms with Crippen LogP contribution in [-0.4, -0.2) is 11.7 Å². The fraction of sp³-hybridized carbons (Fsp3) is 0.417. The van der Waals surface area contributed by atoms with Crippen LogP contribution in [0.25, 0.3) is 0 Å². The molecular weight excluding hydrogens is 174 g/mol. The molecule has 0 amide bonds. The maximum atomic E-state index is 8.85. The number of nitrogens with zero attached hydrogens (tertiary/aromatic N) is 1. The number of aliphatic hydroxyl groups is 1. The molecule has 0 heterocycles. The summed E-state index contributed by atoms with van der Waals surface area (Å²) in [4.78, 5) is 0. The van der Waals surface area contributed by atoms with Crippen molar-refractivity contribution in [1.29, 1.82) is 5.26 Å². The quantitative estimate of drug-likeness (QED) is 0.788. The molecule has 2 nitrogen and oxygen atoms in total. The van der Waals surface area contributed by atoms with E-state index in [0.717, 1.165) is 12.8 Å². The molecule has 1 aromatic rings. The average Bonchev–Trinajstić information content (AvgIpc) is 2.26. The molecule has 74 valence electrons. The van der Waals surface area contributed by atoms with Gasteiger partial charge in [-0.2, -0.15) is 5.26 Å². The average molecular weight is 189 g/mol. The van der Waals surface area contributed by atoms with E-state index >= 15 is 0 Å². The van der Waals surface area contributed by atoms with Crippen molar-refractivity contribution in [2.45, 2.75) is 19.8 Å². The molecular formula is C12H15NO. The van der Waals surface area contributed by atoms with Gasteiger partial charge in [0.1, 0.15) is 0 Å². The van der Waals surface area contributed by atoms with Gasteiger partial charge in [0, 0.05) is 6.61 Å². The van der Waals surface area contributed by atoms with Crippen LogP contribution in [0.1, 0.15) is 24.5 Å². The standard InChI is InChI=1S/C12H15NO/c1-10(9-14)2-3-11-4-6-12(8-13)7-5-11/h4-7,10,14H,2-3,9H2,1H3. The minimum Gasteiger partial charge on any atom is -0.396 e. The van der Waals surface area contributed by atoms with Crippen LogP contribution in [0.3, 0.4) is 0 Å². The van der Waals surface area contributed by atoms with Gasteiger partial charge in [0.25, 0.3) is 0 Å². The van der Waals surface area contributed by atoms with E-state index in [0.29, 0.717) is 11.5 Å². The van der Waals surface area contributed by atoms with Crippen molar-refractivity contribution in [3.63, 3.8) is 0 Å². The number of benzene rings is 1. The van der Waals surface area contributed by atoms with E-state index in [4.69, 9.17) is 10.4 Å². The summed E-state index contributed by atoms with van der Waals surface area (Å²) in [6.45, 7) is 2.28. The molecule has 0 aliphatic heterocycles. The maximum absolute atomic E-state index is 8.85. The minimum atomic E-state index is 0.246. The number of hydrogen-bond donors (Lipinski definition) is 1. The van der Waals surface area contributed by atoms with Gasteiger partial charge >= 0.3 is 0 Å². The van der Waals surface area contributed by atoms with Gasteiger partial charge in [0.05, 0.1) is 11.6 Å². The van der Waals surface area contributed by atoms with Crippen LogP contribution in [0, 0.1) is 17.2 Å². The van der Waals surface area contributed by atoms with Crippen LogP contribution in [0.4, 0.5) is 0 Å². The lowest BCUT2D eigenvalue weighted by Crippen LogP contribution is -2.02. The number of hydrogen-bond acceptors (Lipinski definition) is 2. The first-order valence-corrected chi connectivity index (χ1v) is 4.86. The molecule has 0 aliphatic rings. The van der Waals surface area contributed by atoms with E-state index in [9.17, 15) is 0 Å². The summed E-state index contributed by atoms with van der Waals surface area (Å²) in [7, 11) is 0. The van der Waals surface area contributed by atoms with E-state index in [2.05, 4.69) is 6.07 Å². The largest absolute Gasteiger partial charge is 0.396 e. The minimum absolute atomic E-state index is 0.246. The van der Waals surface area contributed by atoms with Gasteiger partial charge in [-0.15, -0.1) is 0 Å². The van der Waals surface area contributed by atoms with Crippen LogP contribution >= 0.6 is 0 Å². The number of rotatable bonds is 4. The summed E-state index contributed by atoms with van der Waals surface area (Å²) in [6.07, 6.45) is 1.95. The highest BCUT2D eigenvalue weighted by molar-refractivity contribution is 5.31. The molecule has 0 saturated heterocycles. The third-order valence-electron chi connectivity index (χ3n) is 2.32. The zero-order valence-corrected chi connectivity index (χ0v) is 8.40. The Kier molecular flexibility index (Phi) is 4.15. The highest BCUT2D eigenvalue weighted by Crippen LogP contribution is 2.10. The third kappa shape index (κ3) is 3.20. The van der Waals surface area contributed by atoms with E-state index in [1.807, 2.05) is 31.2 Å². The molecule has 1 unspecified atom stereocenters. The zero-order chi connectivity index (χ0) is 10.4. The van der Waals surface area contributed by atoms with Crippen LogP contribution in [0.5, 0.6) is 0 Å². The number of aliphatic hydroxyl groups excluding tert-OH is 1. The lowest BCUT2D eigenvalue weighted by atomic mass is 10.0. The summed E-state index contributed by atoms with van der Waals surface area (Å²) in [5.41, 5.74) is 1.92. The molecule has 0 radical (unpaired) electrons. The second kappa shape index (κ2) is 5.41. The molecule has 1 atom stereocenters. The normalized spacial score (nSPS) is 12.1. The molecule has 1 N–H and O–H groups in total. The fourth-order valence-corrected chi connectivity index (χ4v) is 1.25. The molecule has 0 saturated carbocycles. The number of nitriles is 1. The molecule has 0 aliphatic carbocycles. The second-order valence-corrected chi connectivity index (χ2v) is 3.64. The lowest BCUT2D eigenvalue weighted by Gasteiger charge is -2.06. The van der Waals surface area contributed by atoms with Gasteiger partial charge in [-0.3, -0.25) is 0 Å². The molecule has 1 aromatic carbocycles. The van der Waals surface area contributed by atoms with E-state index in [1.165, 1.54) is 5.56 Å². The van der Waals surface area contributed by atoms with Gasteiger partial charge in [-0.05, 0) is 36.5 Å². The molecule has 0 spiro atoms. The SMILES string of the molecule is CC(CO)CCc1ccc(C#N)cc1. The van der Waals surface area contributed by atoms with Crippen molar-refractivity contribution in [2.24, 2.45) is 5.92 Å². The summed E-state index contributed by atoms with van der Waals surface area (Å²) < 4.78 is 0. The van der Waals surface area contributed by atoms with Crippen LogP contribution in [-0.2, 0) is 6.42 Å². The predicted molar refractivity (Wildman–Crippen MR) is 55.7 cm³/mol. The van der Waals surface area contributed by atoms with Crippen LogP contribution in [0.15, 0.2) is 24.3 Å². The molecule has 14 heavy (non-hydrogen) atoms. The highest BCUT2D eigenvalue weighted by Gasteiger charge is 2.00. The van der Waals surface area contributed by atoms with Crippen molar-refractivity contribution in [3.05, 3.63) is 35.4 Å². The molecule has 0 fully saturated rings. The Morgan fingerprint density at radius 1 is 1.36 bits per heavy atom. The van der Waals surface area contributed by atoms with Crippen molar-refractivity contribution < 1.29 is 5.11 Å². The zero-order valence-electron chi connectivity index (χ0n) is 8.40. The maximum Gasteiger partial charge on any atom is 0.0991 e.